The van der Waals surface area contributed by atoms with Crippen molar-refractivity contribution in [1.29, 1.82) is 5.26 Å². The van der Waals surface area contributed by atoms with E-state index < -0.39 is 5.97 Å². The quantitative estimate of drug-likeness (QED) is 0.640. The summed E-state index contributed by atoms with van der Waals surface area (Å²) >= 11 is 1.21. The van der Waals surface area contributed by atoms with Gasteiger partial charge in [0, 0.05) is 29.7 Å². The van der Waals surface area contributed by atoms with Crippen LogP contribution in [0.5, 0.6) is 0 Å². The fraction of sp³-hybridized carbons (Fsp3) is 0.500. The molecule has 0 unspecified atom stereocenters. The second-order valence-corrected chi connectivity index (χ2v) is 10.7. The summed E-state index contributed by atoms with van der Waals surface area (Å²) in [6, 6.07) is 11.2. The number of nitrogens with zero attached hydrogens (tertiary/aromatic N) is 2. The van der Waals surface area contributed by atoms with Gasteiger partial charge in [-0.1, -0.05) is 19.1 Å². The maximum atomic E-state index is 13.9. The third-order valence-corrected chi connectivity index (χ3v) is 8.40. The smallest absolute Gasteiger partial charge is 0.348 e. The number of amides is 1. The lowest BCUT2D eigenvalue weighted by Gasteiger charge is -2.38. The summed E-state index contributed by atoms with van der Waals surface area (Å²) in [5.41, 5.74) is 1.96. The van der Waals surface area contributed by atoms with Crippen LogP contribution in [0.4, 0.5) is 5.69 Å². The van der Waals surface area contributed by atoms with E-state index in [0.717, 1.165) is 62.1 Å². The molecule has 1 aromatic carbocycles. The molecule has 2 heterocycles. The number of nitriles is 1. The summed E-state index contributed by atoms with van der Waals surface area (Å²) in [7, 11) is 2.17. The monoisotopic (exact) mass is 502 g/mol. The van der Waals surface area contributed by atoms with Crippen LogP contribution < -0.4 is 9.80 Å². The van der Waals surface area contributed by atoms with Crippen molar-refractivity contribution in [1.82, 2.24) is 0 Å². The number of carbonyl (C=O) groups excluding carboxylic acids is 1. The topological polar surface area (TPSA) is 85.8 Å². The summed E-state index contributed by atoms with van der Waals surface area (Å²) < 4.78 is 0. The molecule has 2 fully saturated rings. The van der Waals surface area contributed by atoms with Crippen molar-refractivity contribution < 1.29 is 19.6 Å². The molecule has 0 atom stereocenters. The molecule has 1 amide bonds. The first-order valence-electron chi connectivity index (χ1n) is 11.9. The van der Waals surface area contributed by atoms with E-state index in [1.54, 1.807) is 12.1 Å². The van der Waals surface area contributed by atoms with Crippen LogP contribution in [-0.2, 0) is 4.79 Å². The molecule has 6 nitrogen and oxygen atoms in total. The van der Waals surface area contributed by atoms with E-state index in [1.165, 1.54) is 16.2 Å². The zero-order chi connectivity index (χ0) is 23.5. The average molecular weight is 503 g/mol. The third kappa shape index (κ3) is 5.63. The highest BCUT2D eigenvalue weighted by atomic mass is 35.5. The standard InChI is InChI=1S/C26H31N3O3S.ClH/c1-17-3-7-20(8-4-17)25(30)29(21-11-13-28(2)14-12-21)22-15-23(33-24(22)26(31)32)19-9-5-18(16-27)6-10-19;/h5-6,9-10,15,17,20-21H,3-4,7-8,11-14H2,1-2H3,(H,31,32);1H/p+1. The zero-order valence-electron chi connectivity index (χ0n) is 19.8. The van der Waals surface area contributed by atoms with Crippen LogP contribution in [0.1, 0.15) is 60.7 Å². The predicted molar refractivity (Wildman–Crippen MR) is 137 cm³/mol. The fourth-order valence-electron chi connectivity index (χ4n) is 5.12. The van der Waals surface area contributed by atoms with Crippen LogP contribution in [0.2, 0.25) is 0 Å². The van der Waals surface area contributed by atoms with Gasteiger partial charge in [0.05, 0.1) is 37.5 Å². The first-order valence-corrected chi connectivity index (χ1v) is 12.7. The zero-order valence-corrected chi connectivity index (χ0v) is 21.4. The van der Waals surface area contributed by atoms with Crippen molar-refractivity contribution in [2.45, 2.75) is 51.5 Å². The van der Waals surface area contributed by atoms with Crippen LogP contribution in [-0.4, -0.2) is 43.2 Å². The first kappa shape index (κ1) is 26.2. The molecule has 34 heavy (non-hydrogen) atoms. The lowest BCUT2D eigenvalue weighted by atomic mass is 9.82. The molecule has 1 aromatic heterocycles. The van der Waals surface area contributed by atoms with Crippen molar-refractivity contribution in [3.05, 3.63) is 40.8 Å². The van der Waals surface area contributed by atoms with Crippen LogP contribution in [0.15, 0.2) is 30.3 Å². The second-order valence-electron chi connectivity index (χ2n) is 9.67. The minimum Gasteiger partial charge on any atom is -0.477 e. The second kappa shape index (κ2) is 11.4. The summed E-state index contributed by atoms with van der Waals surface area (Å²) in [5, 5.41) is 19.1. The molecular weight excluding hydrogens is 470 g/mol. The lowest BCUT2D eigenvalue weighted by molar-refractivity contribution is -0.884. The summed E-state index contributed by atoms with van der Waals surface area (Å²) in [5.74, 6) is -0.289. The highest BCUT2D eigenvalue weighted by molar-refractivity contribution is 7.18. The SMILES string of the molecule is CC1CCC(C(=O)N(c2cc(-c3ccc(C#N)cc3)sc2C(=O)O)C2CC[NH+](C)CC2)CC1.Cl. The number of piperidine rings is 1. The number of likely N-dealkylation sites (tertiary alicyclic amines) is 1. The Hall–Kier alpha value is -2.40. The molecule has 182 valence electrons. The Bertz CT molecular complexity index is 1050. The molecule has 1 saturated heterocycles. The van der Waals surface area contributed by atoms with E-state index in [0.29, 0.717) is 17.2 Å². The number of carboxylic acids is 1. The molecule has 8 heteroatoms. The molecule has 1 aliphatic heterocycles. The minimum absolute atomic E-state index is 0. The Morgan fingerprint density at radius 1 is 1.09 bits per heavy atom. The molecule has 2 N–H and O–H groups in total. The van der Waals surface area contributed by atoms with Gasteiger partial charge in [-0.3, -0.25) is 4.79 Å². The van der Waals surface area contributed by atoms with E-state index in [4.69, 9.17) is 5.26 Å². The lowest BCUT2D eigenvalue weighted by Crippen LogP contribution is -3.10. The molecule has 1 saturated carbocycles. The number of thiophene rings is 1. The van der Waals surface area contributed by atoms with Crippen LogP contribution in [0.3, 0.4) is 0 Å². The largest absolute Gasteiger partial charge is 0.477 e. The number of anilines is 1. The van der Waals surface area contributed by atoms with Gasteiger partial charge in [0.25, 0.3) is 0 Å². The number of benzene rings is 1. The number of rotatable bonds is 5. The van der Waals surface area contributed by atoms with E-state index >= 15 is 0 Å². The summed E-state index contributed by atoms with van der Waals surface area (Å²) in [6.45, 7) is 4.19. The maximum absolute atomic E-state index is 13.9. The number of hydrogen-bond donors (Lipinski definition) is 2. The van der Waals surface area contributed by atoms with E-state index in [9.17, 15) is 14.7 Å². The molecule has 0 radical (unpaired) electrons. The van der Waals surface area contributed by atoms with Gasteiger partial charge in [-0.25, -0.2) is 4.79 Å². The van der Waals surface area contributed by atoms with Gasteiger partial charge in [-0.15, -0.1) is 23.7 Å². The van der Waals surface area contributed by atoms with Gasteiger partial charge in [0.15, 0.2) is 0 Å². The van der Waals surface area contributed by atoms with Crippen molar-refractivity contribution in [2.24, 2.45) is 11.8 Å². The number of nitrogens with one attached hydrogen (secondary N) is 1. The van der Waals surface area contributed by atoms with E-state index in [1.807, 2.05) is 23.1 Å². The van der Waals surface area contributed by atoms with Crippen molar-refractivity contribution >= 4 is 41.3 Å². The maximum Gasteiger partial charge on any atom is 0.348 e. The third-order valence-electron chi connectivity index (χ3n) is 7.24. The Kier molecular flexibility index (Phi) is 8.75. The number of halogens is 1. The average Bonchev–Trinajstić information content (AvgIpc) is 3.26. The highest BCUT2D eigenvalue weighted by Gasteiger charge is 2.37. The van der Waals surface area contributed by atoms with E-state index in [2.05, 4.69) is 20.0 Å². The number of hydrogen-bond acceptors (Lipinski definition) is 4. The highest BCUT2D eigenvalue weighted by Crippen LogP contribution is 2.40. The number of aromatic carboxylic acids is 1. The molecular formula is C26H33ClN3O3S+. The number of quaternary nitrogens is 1. The van der Waals surface area contributed by atoms with Gasteiger partial charge in [-0.05, 0) is 55.4 Å². The van der Waals surface area contributed by atoms with Gasteiger partial charge in [-0.2, -0.15) is 5.26 Å². The molecule has 4 rings (SSSR count). The van der Waals surface area contributed by atoms with Crippen LogP contribution >= 0.6 is 23.7 Å². The van der Waals surface area contributed by atoms with Crippen LogP contribution in [0.25, 0.3) is 10.4 Å². The van der Waals surface area contributed by atoms with Gasteiger partial charge < -0.3 is 14.9 Å². The Morgan fingerprint density at radius 2 is 1.71 bits per heavy atom. The van der Waals surface area contributed by atoms with Gasteiger partial charge in [0.2, 0.25) is 5.91 Å². The van der Waals surface area contributed by atoms with Crippen molar-refractivity contribution in [3.8, 4) is 16.5 Å². The molecule has 0 spiro atoms. The Balaban J connectivity index is 0.00000324. The summed E-state index contributed by atoms with van der Waals surface area (Å²) in [4.78, 5) is 30.5. The Morgan fingerprint density at radius 3 is 2.26 bits per heavy atom. The minimum atomic E-state index is -0.997. The normalized spacial score (nSPS) is 24.5. The summed E-state index contributed by atoms with van der Waals surface area (Å²) in [6.07, 6.45) is 5.61. The molecule has 1 aliphatic carbocycles. The molecule has 2 aromatic rings. The first-order chi connectivity index (χ1) is 15.9. The van der Waals surface area contributed by atoms with Crippen LogP contribution in [0, 0.1) is 23.2 Å². The van der Waals surface area contributed by atoms with Crippen molar-refractivity contribution in [3.63, 3.8) is 0 Å². The fourth-order valence-corrected chi connectivity index (χ4v) is 6.11. The molecule has 2 aliphatic rings. The van der Waals surface area contributed by atoms with Gasteiger partial charge in [0.1, 0.15) is 4.88 Å². The van der Waals surface area contributed by atoms with Crippen molar-refractivity contribution in [2.75, 3.05) is 25.0 Å². The van der Waals surface area contributed by atoms with Gasteiger partial charge >= 0.3 is 5.97 Å². The number of carboxylic acid groups (broad SMARTS) is 1. The Labute approximate surface area is 211 Å². The molecule has 0 bridgehead atoms. The van der Waals surface area contributed by atoms with E-state index in [-0.39, 0.29) is 35.2 Å². The number of carbonyl (C=O) groups is 2. The predicted octanol–water partition coefficient (Wildman–Crippen LogP) is 4.24.